The van der Waals surface area contributed by atoms with E-state index in [2.05, 4.69) is 0 Å². The third-order valence-electron chi connectivity index (χ3n) is 2.87. The maximum atomic E-state index is 12.6. The highest BCUT2D eigenvalue weighted by molar-refractivity contribution is 14.1. The van der Waals surface area contributed by atoms with Gasteiger partial charge in [-0.2, -0.15) is 13.2 Å². The summed E-state index contributed by atoms with van der Waals surface area (Å²) in [4.78, 5) is 0. The molecule has 0 aliphatic rings. The van der Waals surface area contributed by atoms with Crippen LogP contribution in [0.5, 0.6) is 5.75 Å². The molecule has 7 heteroatoms. The van der Waals surface area contributed by atoms with E-state index >= 15 is 0 Å². The molecule has 2 N–H and O–H groups in total. The van der Waals surface area contributed by atoms with Gasteiger partial charge in [0.15, 0.2) is 0 Å². The average molecular weight is 408 g/mol. The molecule has 0 spiro atoms. The molecule has 21 heavy (non-hydrogen) atoms. The zero-order chi connectivity index (χ0) is 15.6. The molecule has 0 aliphatic heterocycles. The second-order valence-corrected chi connectivity index (χ2v) is 5.22. The number of methoxy groups -OCH3 is 1. The minimum atomic E-state index is -4.40. The number of halogens is 4. The Morgan fingerprint density at radius 1 is 1.10 bits per heavy atom. The SMILES string of the molecule is COc1ccc(N(I)c2ccc(C(F)(F)F)cc2N)cc1. The molecule has 0 fully saturated rings. The van der Waals surface area contributed by atoms with Gasteiger partial charge in [0.1, 0.15) is 5.75 Å². The molecule has 0 atom stereocenters. The van der Waals surface area contributed by atoms with Crippen LogP contribution < -0.4 is 13.6 Å². The Labute approximate surface area is 134 Å². The number of nitrogens with two attached hydrogens (primary N) is 1. The number of nitrogen functional groups attached to an aromatic ring is 1. The van der Waals surface area contributed by atoms with E-state index < -0.39 is 11.7 Å². The molecule has 2 aromatic carbocycles. The molecule has 3 nitrogen and oxygen atoms in total. The second kappa shape index (κ2) is 6.00. The van der Waals surface area contributed by atoms with E-state index in [1.54, 1.807) is 34.5 Å². The van der Waals surface area contributed by atoms with Crippen LogP contribution in [0, 0.1) is 0 Å². The van der Waals surface area contributed by atoms with Crippen LogP contribution in [-0.4, -0.2) is 7.11 Å². The molecule has 0 heterocycles. The topological polar surface area (TPSA) is 38.5 Å². The standard InChI is InChI=1S/C14H12F3IN2O/c1-21-11-5-3-10(4-6-11)20(18)13-7-2-9(8-12(13)19)14(15,16)17/h2-8H,19H2,1H3. The fourth-order valence-electron chi connectivity index (χ4n) is 1.76. The van der Waals surface area contributed by atoms with Gasteiger partial charge in [0.05, 0.1) is 52.6 Å². The Hall–Kier alpha value is -1.64. The van der Waals surface area contributed by atoms with Crippen molar-refractivity contribution in [1.29, 1.82) is 0 Å². The Balaban J connectivity index is 2.32. The largest absolute Gasteiger partial charge is 0.497 e. The van der Waals surface area contributed by atoms with Crippen molar-refractivity contribution in [3.63, 3.8) is 0 Å². The molecule has 112 valence electrons. The number of nitrogens with zero attached hydrogens (tertiary/aromatic N) is 1. The molecule has 2 rings (SSSR count). The fraction of sp³-hybridized carbons (Fsp3) is 0.143. The molecule has 0 unspecified atom stereocenters. The average Bonchev–Trinajstić information content (AvgIpc) is 2.45. The van der Waals surface area contributed by atoms with Gasteiger partial charge in [-0.1, -0.05) is 0 Å². The van der Waals surface area contributed by atoms with Gasteiger partial charge in [0.25, 0.3) is 0 Å². The normalized spacial score (nSPS) is 11.3. The Morgan fingerprint density at radius 2 is 1.71 bits per heavy atom. The minimum absolute atomic E-state index is 0.0649. The molecular formula is C14H12F3IN2O. The van der Waals surface area contributed by atoms with Crippen molar-refractivity contribution in [3.05, 3.63) is 48.0 Å². The fourth-order valence-corrected chi connectivity index (χ4v) is 2.52. The maximum absolute atomic E-state index is 12.6. The van der Waals surface area contributed by atoms with Crippen LogP contribution in [0.3, 0.4) is 0 Å². The lowest BCUT2D eigenvalue weighted by Gasteiger charge is -2.20. The van der Waals surface area contributed by atoms with Crippen molar-refractivity contribution in [1.82, 2.24) is 0 Å². The van der Waals surface area contributed by atoms with Gasteiger partial charge in [-0.15, -0.1) is 0 Å². The van der Waals surface area contributed by atoms with Crippen LogP contribution in [-0.2, 0) is 6.18 Å². The first kappa shape index (κ1) is 15.7. The van der Waals surface area contributed by atoms with Gasteiger partial charge in [0, 0.05) is 0 Å². The first-order valence-corrected chi connectivity index (χ1v) is 6.86. The number of benzene rings is 2. The number of alkyl halides is 3. The number of hydrogen-bond acceptors (Lipinski definition) is 3. The summed E-state index contributed by atoms with van der Waals surface area (Å²) in [6, 6.07) is 10.4. The quantitative estimate of drug-likeness (QED) is 0.451. The van der Waals surface area contributed by atoms with Crippen molar-refractivity contribution < 1.29 is 17.9 Å². The third-order valence-corrected chi connectivity index (χ3v) is 3.94. The van der Waals surface area contributed by atoms with Crippen LogP contribution in [0.4, 0.5) is 30.2 Å². The Bertz CT molecular complexity index is 629. The highest BCUT2D eigenvalue weighted by Crippen LogP contribution is 2.38. The summed E-state index contributed by atoms with van der Waals surface area (Å²) in [6.07, 6.45) is -4.40. The predicted octanol–water partition coefficient (Wildman–Crippen LogP) is 4.78. The lowest BCUT2D eigenvalue weighted by Crippen LogP contribution is -2.09. The Kier molecular flexibility index (Phi) is 4.50. The van der Waals surface area contributed by atoms with Crippen LogP contribution in [0.25, 0.3) is 0 Å². The lowest BCUT2D eigenvalue weighted by molar-refractivity contribution is -0.137. The van der Waals surface area contributed by atoms with Crippen molar-refractivity contribution in [2.24, 2.45) is 0 Å². The first-order chi connectivity index (χ1) is 9.82. The maximum Gasteiger partial charge on any atom is 0.416 e. The highest BCUT2D eigenvalue weighted by atomic mass is 127. The predicted molar refractivity (Wildman–Crippen MR) is 85.0 cm³/mol. The Morgan fingerprint density at radius 3 is 2.19 bits per heavy atom. The van der Waals surface area contributed by atoms with E-state index in [1.807, 2.05) is 22.9 Å². The van der Waals surface area contributed by atoms with E-state index in [4.69, 9.17) is 10.5 Å². The zero-order valence-electron chi connectivity index (χ0n) is 11.0. The van der Waals surface area contributed by atoms with E-state index in [0.717, 1.165) is 17.8 Å². The van der Waals surface area contributed by atoms with E-state index in [9.17, 15) is 13.2 Å². The summed E-state index contributed by atoms with van der Waals surface area (Å²) in [5.74, 6) is 0.698. The second-order valence-electron chi connectivity index (χ2n) is 4.25. The molecule has 0 saturated carbocycles. The molecule has 0 bridgehead atoms. The van der Waals surface area contributed by atoms with Crippen molar-refractivity contribution in [2.45, 2.75) is 6.18 Å². The summed E-state index contributed by atoms with van der Waals surface area (Å²) in [6.45, 7) is 0. The van der Waals surface area contributed by atoms with Crippen LogP contribution in [0.15, 0.2) is 42.5 Å². The van der Waals surface area contributed by atoms with Crippen LogP contribution in [0.1, 0.15) is 5.56 Å². The zero-order valence-corrected chi connectivity index (χ0v) is 13.1. The van der Waals surface area contributed by atoms with E-state index in [-0.39, 0.29) is 5.69 Å². The summed E-state index contributed by atoms with van der Waals surface area (Å²) >= 11 is 1.99. The molecule has 0 aliphatic carbocycles. The van der Waals surface area contributed by atoms with Gasteiger partial charge >= 0.3 is 6.18 Å². The van der Waals surface area contributed by atoms with Gasteiger partial charge in [-0.3, -0.25) is 3.11 Å². The van der Waals surface area contributed by atoms with Gasteiger partial charge in [-0.05, 0) is 42.5 Å². The lowest BCUT2D eigenvalue weighted by atomic mass is 10.1. The summed E-state index contributed by atoms with van der Waals surface area (Å²) in [7, 11) is 1.56. The number of rotatable bonds is 3. The summed E-state index contributed by atoms with van der Waals surface area (Å²) < 4.78 is 44.6. The smallest absolute Gasteiger partial charge is 0.416 e. The van der Waals surface area contributed by atoms with E-state index in [1.165, 1.54) is 6.07 Å². The monoisotopic (exact) mass is 408 g/mol. The number of ether oxygens (including phenoxy) is 1. The first-order valence-electron chi connectivity index (χ1n) is 5.89. The molecule has 0 amide bonds. The van der Waals surface area contributed by atoms with Crippen molar-refractivity contribution >= 4 is 39.9 Å². The van der Waals surface area contributed by atoms with Crippen molar-refractivity contribution in [2.75, 3.05) is 16.0 Å². The number of anilines is 3. The molecule has 2 aromatic rings. The molecule has 0 saturated heterocycles. The highest BCUT2D eigenvalue weighted by Gasteiger charge is 2.31. The van der Waals surface area contributed by atoms with Crippen molar-refractivity contribution in [3.8, 4) is 5.75 Å². The van der Waals surface area contributed by atoms with Gasteiger partial charge in [-0.25, -0.2) is 0 Å². The molecule has 0 aromatic heterocycles. The number of hydrogen-bond donors (Lipinski definition) is 1. The summed E-state index contributed by atoms with van der Waals surface area (Å²) in [5, 5.41) is 0. The molecule has 0 radical (unpaired) electrons. The van der Waals surface area contributed by atoms with Crippen LogP contribution in [0.2, 0.25) is 0 Å². The van der Waals surface area contributed by atoms with Gasteiger partial charge < -0.3 is 10.5 Å². The van der Waals surface area contributed by atoms with Crippen LogP contribution >= 0.6 is 22.9 Å². The van der Waals surface area contributed by atoms with E-state index in [0.29, 0.717) is 11.4 Å². The minimum Gasteiger partial charge on any atom is -0.497 e. The molecular weight excluding hydrogens is 396 g/mol. The summed E-state index contributed by atoms with van der Waals surface area (Å²) in [5.41, 5.74) is 6.32. The third kappa shape index (κ3) is 3.52. The van der Waals surface area contributed by atoms with Gasteiger partial charge in [0.2, 0.25) is 0 Å².